The van der Waals surface area contributed by atoms with Gasteiger partial charge in [0.2, 0.25) is 5.91 Å². The average molecular weight is 297 g/mol. The first-order valence-corrected chi connectivity index (χ1v) is 8.16. The molecule has 0 aliphatic rings. The Bertz CT molecular complexity index is 315. The smallest absolute Gasteiger partial charge is 0.326 e. The van der Waals surface area contributed by atoms with Crippen LogP contribution in [0.15, 0.2) is 12.7 Å². The number of allylic oxidation sites excluding steroid dienone is 1. The number of hydrogen-bond donors (Lipinski definition) is 2. The summed E-state index contributed by atoms with van der Waals surface area (Å²) in [6.45, 7) is 7.47. The Hall–Kier alpha value is -1.32. The summed E-state index contributed by atoms with van der Waals surface area (Å²) in [5.41, 5.74) is 0. The third-order valence-electron chi connectivity index (χ3n) is 3.86. The van der Waals surface area contributed by atoms with Gasteiger partial charge < -0.3 is 10.4 Å². The molecule has 4 nitrogen and oxygen atoms in total. The van der Waals surface area contributed by atoms with Crippen LogP contribution in [0.2, 0.25) is 0 Å². The van der Waals surface area contributed by atoms with Gasteiger partial charge >= 0.3 is 5.97 Å². The summed E-state index contributed by atoms with van der Waals surface area (Å²) in [4.78, 5) is 22.9. The van der Waals surface area contributed by atoms with Crippen molar-refractivity contribution in [3.05, 3.63) is 12.7 Å². The first-order chi connectivity index (χ1) is 10.0. The van der Waals surface area contributed by atoms with Crippen LogP contribution < -0.4 is 5.32 Å². The largest absolute Gasteiger partial charge is 0.480 e. The predicted octanol–water partition coefficient (Wildman–Crippen LogP) is 3.91. The van der Waals surface area contributed by atoms with Crippen LogP contribution in [-0.4, -0.2) is 23.0 Å². The van der Waals surface area contributed by atoms with E-state index in [2.05, 4.69) is 11.9 Å². The van der Waals surface area contributed by atoms with Crippen LogP contribution in [0, 0.1) is 5.92 Å². The molecule has 0 aliphatic carbocycles. The summed E-state index contributed by atoms with van der Waals surface area (Å²) in [6, 6.07) is -0.763. The lowest BCUT2D eigenvalue weighted by atomic mass is 9.99. The normalized spacial score (nSPS) is 13.4. The van der Waals surface area contributed by atoms with Gasteiger partial charge in [-0.25, -0.2) is 4.79 Å². The van der Waals surface area contributed by atoms with Gasteiger partial charge in [-0.3, -0.25) is 4.79 Å². The minimum Gasteiger partial charge on any atom is -0.480 e. The van der Waals surface area contributed by atoms with Gasteiger partial charge in [-0.1, -0.05) is 52.0 Å². The highest BCUT2D eigenvalue weighted by atomic mass is 16.4. The Kier molecular flexibility index (Phi) is 11.6. The highest BCUT2D eigenvalue weighted by molar-refractivity contribution is 5.83. The van der Waals surface area contributed by atoms with Crippen LogP contribution in [0.25, 0.3) is 0 Å². The number of nitrogens with one attached hydrogen (secondary N) is 1. The highest BCUT2D eigenvalue weighted by Crippen LogP contribution is 2.11. The zero-order valence-electron chi connectivity index (χ0n) is 13.6. The molecule has 0 fully saturated rings. The van der Waals surface area contributed by atoms with E-state index in [0.29, 0.717) is 6.42 Å². The van der Waals surface area contributed by atoms with Crippen LogP contribution in [0.4, 0.5) is 0 Å². The molecule has 0 heterocycles. The molecule has 0 unspecified atom stereocenters. The Morgan fingerprint density at radius 1 is 1.14 bits per heavy atom. The second-order valence-corrected chi connectivity index (χ2v) is 5.72. The lowest BCUT2D eigenvalue weighted by Crippen LogP contribution is -2.44. The van der Waals surface area contributed by atoms with Crippen molar-refractivity contribution in [3.8, 4) is 0 Å². The van der Waals surface area contributed by atoms with E-state index in [1.54, 1.807) is 0 Å². The number of carbonyl (C=O) groups excluding carboxylic acids is 1. The molecule has 4 heteroatoms. The molecule has 0 rings (SSSR count). The molecule has 0 aromatic rings. The number of hydrogen-bond acceptors (Lipinski definition) is 2. The van der Waals surface area contributed by atoms with Gasteiger partial charge in [0, 0.05) is 6.42 Å². The van der Waals surface area contributed by atoms with Crippen LogP contribution in [-0.2, 0) is 9.59 Å². The van der Waals surface area contributed by atoms with Crippen LogP contribution in [0.5, 0.6) is 0 Å². The van der Waals surface area contributed by atoms with Crippen molar-refractivity contribution in [2.45, 2.75) is 77.7 Å². The van der Waals surface area contributed by atoms with Crippen molar-refractivity contribution in [2.24, 2.45) is 5.92 Å². The lowest BCUT2D eigenvalue weighted by Gasteiger charge is -2.20. The van der Waals surface area contributed by atoms with Gasteiger partial charge in [-0.05, 0) is 25.2 Å². The maximum Gasteiger partial charge on any atom is 0.326 e. The fraction of sp³-hybridized carbons (Fsp3) is 0.765. The Morgan fingerprint density at radius 3 is 2.24 bits per heavy atom. The monoisotopic (exact) mass is 297 g/mol. The summed E-state index contributed by atoms with van der Waals surface area (Å²) in [5.74, 6) is -1.13. The van der Waals surface area contributed by atoms with E-state index in [1.807, 2.05) is 19.9 Å². The lowest BCUT2D eigenvalue weighted by molar-refractivity contribution is -0.143. The minimum atomic E-state index is -0.945. The van der Waals surface area contributed by atoms with Gasteiger partial charge in [-0.15, -0.1) is 6.58 Å². The topological polar surface area (TPSA) is 66.4 Å². The SMILES string of the molecule is C=CCCCCCCCCC(=O)N[C@H](C(=O)O)[C@@H](C)CC. The molecule has 0 radical (unpaired) electrons. The molecule has 0 aromatic carbocycles. The van der Waals surface area contributed by atoms with Gasteiger partial charge in [0.15, 0.2) is 0 Å². The molecule has 1 amide bonds. The molecular formula is C17H31NO3. The second-order valence-electron chi connectivity index (χ2n) is 5.72. The maximum atomic E-state index is 11.8. The van der Waals surface area contributed by atoms with Crippen LogP contribution >= 0.6 is 0 Å². The molecule has 0 saturated heterocycles. The molecule has 0 aromatic heterocycles. The number of carbonyl (C=O) groups is 2. The molecular weight excluding hydrogens is 266 g/mol. The molecule has 0 spiro atoms. The van der Waals surface area contributed by atoms with Gasteiger partial charge in [0.05, 0.1) is 0 Å². The van der Waals surface area contributed by atoms with E-state index in [1.165, 1.54) is 19.3 Å². The summed E-state index contributed by atoms with van der Waals surface area (Å²) < 4.78 is 0. The van der Waals surface area contributed by atoms with Crippen LogP contribution in [0.3, 0.4) is 0 Å². The Morgan fingerprint density at radius 2 is 1.71 bits per heavy atom. The molecule has 0 bridgehead atoms. The standard InChI is InChI=1S/C17H31NO3/c1-4-6-7-8-9-10-11-12-13-15(19)18-16(17(20)21)14(3)5-2/h4,14,16H,1,5-13H2,2-3H3,(H,18,19)(H,20,21)/t14-,16-/m0/s1. The summed E-state index contributed by atoms with van der Waals surface area (Å²) in [5, 5.41) is 11.8. The number of unbranched alkanes of at least 4 members (excludes halogenated alkanes) is 6. The van der Waals surface area contributed by atoms with E-state index >= 15 is 0 Å². The molecule has 122 valence electrons. The zero-order valence-corrected chi connectivity index (χ0v) is 13.6. The third-order valence-corrected chi connectivity index (χ3v) is 3.86. The summed E-state index contributed by atoms with van der Waals surface area (Å²) >= 11 is 0. The first kappa shape index (κ1) is 19.7. The molecule has 2 N–H and O–H groups in total. The van der Waals surface area contributed by atoms with Crippen molar-refractivity contribution >= 4 is 11.9 Å². The predicted molar refractivity (Wildman–Crippen MR) is 86.2 cm³/mol. The molecule has 0 aliphatic heterocycles. The van der Waals surface area contributed by atoms with Gasteiger partial charge in [0.1, 0.15) is 6.04 Å². The van der Waals surface area contributed by atoms with E-state index in [9.17, 15) is 9.59 Å². The summed E-state index contributed by atoms with van der Waals surface area (Å²) in [7, 11) is 0. The van der Waals surface area contributed by atoms with Gasteiger partial charge in [0.25, 0.3) is 0 Å². The first-order valence-electron chi connectivity index (χ1n) is 8.16. The fourth-order valence-corrected chi connectivity index (χ4v) is 2.21. The number of amides is 1. The Balaban J connectivity index is 3.74. The van der Waals surface area contributed by atoms with E-state index < -0.39 is 12.0 Å². The Labute approximate surface area is 129 Å². The zero-order chi connectivity index (χ0) is 16.1. The maximum absolute atomic E-state index is 11.8. The van der Waals surface area contributed by atoms with E-state index in [4.69, 9.17) is 5.11 Å². The quantitative estimate of drug-likeness (QED) is 0.400. The summed E-state index contributed by atoms with van der Waals surface area (Å²) in [6.07, 6.45) is 10.8. The highest BCUT2D eigenvalue weighted by Gasteiger charge is 2.24. The van der Waals surface area contributed by atoms with Gasteiger partial charge in [-0.2, -0.15) is 0 Å². The van der Waals surface area contributed by atoms with Crippen molar-refractivity contribution in [1.82, 2.24) is 5.32 Å². The van der Waals surface area contributed by atoms with Crippen LogP contribution in [0.1, 0.15) is 71.6 Å². The van der Waals surface area contributed by atoms with E-state index in [0.717, 1.165) is 32.1 Å². The molecule has 21 heavy (non-hydrogen) atoms. The number of carboxylic acids is 1. The van der Waals surface area contributed by atoms with Crippen molar-refractivity contribution < 1.29 is 14.7 Å². The van der Waals surface area contributed by atoms with Crippen molar-refractivity contribution in [1.29, 1.82) is 0 Å². The minimum absolute atomic E-state index is 0.0451. The number of aliphatic carboxylic acids is 1. The molecule has 0 saturated carbocycles. The fourth-order valence-electron chi connectivity index (χ4n) is 2.21. The third kappa shape index (κ3) is 10.1. The van der Waals surface area contributed by atoms with Crippen molar-refractivity contribution in [3.63, 3.8) is 0 Å². The second kappa shape index (κ2) is 12.4. The average Bonchev–Trinajstić information content (AvgIpc) is 2.46. The van der Waals surface area contributed by atoms with Crippen molar-refractivity contribution in [2.75, 3.05) is 0 Å². The number of carboxylic acid groups (broad SMARTS) is 1. The van der Waals surface area contributed by atoms with E-state index in [-0.39, 0.29) is 11.8 Å². The number of rotatable bonds is 13. The molecule has 2 atom stereocenters.